The topological polar surface area (TPSA) is 43.4 Å². The van der Waals surface area contributed by atoms with E-state index < -0.39 is 5.60 Å². The Hall–Kier alpha value is -1.12. The van der Waals surface area contributed by atoms with Crippen molar-refractivity contribution in [2.45, 2.75) is 46.6 Å². The zero-order valence-electron chi connectivity index (χ0n) is 11.3. The highest BCUT2D eigenvalue weighted by molar-refractivity contribution is 5.78. The lowest BCUT2D eigenvalue weighted by molar-refractivity contribution is -0.157. The summed E-state index contributed by atoms with van der Waals surface area (Å²) in [6.07, 6.45) is 5.05. The summed E-state index contributed by atoms with van der Waals surface area (Å²) >= 11 is 0. The van der Waals surface area contributed by atoms with E-state index in [-0.39, 0.29) is 23.2 Å². The highest BCUT2D eigenvalue weighted by Gasteiger charge is 2.61. The second kappa shape index (κ2) is 4.63. The molecule has 1 rings (SSSR count). The van der Waals surface area contributed by atoms with Gasteiger partial charge in [0.1, 0.15) is 11.9 Å². The minimum atomic E-state index is -0.438. The second-order valence-corrected chi connectivity index (χ2v) is 6.19. The van der Waals surface area contributed by atoms with Crippen LogP contribution in [0.4, 0.5) is 0 Å². The van der Waals surface area contributed by atoms with E-state index >= 15 is 0 Å². The van der Waals surface area contributed by atoms with E-state index in [1.165, 1.54) is 0 Å². The molecule has 17 heavy (non-hydrogen) atoms. The molecule has 1 fully saturated rings. The lowest BCUT2D eigenvalue weighted by Gasteiger charge is -2.19. The van der Waals surface area contributed by atoms with Crippen molar-refractivity contribution in [2.75, 3.05) is 0 Å². The Labute approximate surface area is 103 Å². The standard InChI is InChI=1S/C14H22O3/c1-13(2,3)17-12(16)11-10(14(11,4)5)8-6-7-9-15/h6,8-11H,7H2,1-5H3/b8-6+. The predicted octanol–water partition coefficient (Wildman–Crippen LogP) is 2.75. The number of carbonyl (C=O) groups is 2. The van der Waals surface area contributed by atoms with Gasteiger partial charge in [-0.25, -0.2) is 0 Å². The van der Waals surface area contributed by atoms with E-state index in [4.69, 9.17) is 4.74 Å². The number of hydrogen-bond acceptors (Lipinski definition) is 3. The number of allylic oxidation sites excluding steroid dienone is 2. The van der Waals surface area contributed by atoms with E-state index in [0.717, 1.165) is 6.29 Å². The van der Waals surface area contributed by atoms with Crippen LogP contribution in [-0.4, -0.2) is 17.9 Å². The van der Waals surface area contributed by atoms with Crippen LogP contribution in [-0.2, 0) is 14.3 Å². The molecule has 0 aliphatic heterocycles. The van der Waals surface area contributed by atoms with Gasteiger partial charge in [-0.1, -0.05) is 26.0 Å². The third-order valence-corrected chi connectivity index (χ3v) is 3.15. The van der Waals surface area contributed by atoms with E-state index in [1.54, 1.807) is 0 Å². The summed E-state index contributed by atoms with van der Waals surface area (Å²) in [4.78, 5) is 22.2. The molecule has 2 unspecified atom stereocenters. The van der Waals surface area contributed by atoms with Gasteiger partial charge in [0.15, 0.2) is 0 Å². The maximum Gasteiger partial charge on any atom is 0.310 e. The van der Waals surface area contributed by atoms with Crippen molar-refractivity contribution in [2.24, 2.45) is 17.3 Å². The van der Waals surface area contributed by atoms with E-state index in [1.807, 2.05) is 32.9 Å². The zero-order valence-corrected chi connectivity index (χ0v) is 11.3. The summed E-state index contributed by atoms with van der Waals surface area (Å²) in [5.41, 5.74) is -0.492. The first-order chi connectivity index (χ1) is 7.70. The Kier molecular flexibility index (Phi) is 3.80. The Bertz CT molecular complexity index is 334. The molecular weight excluding hydrogens is 216 g/mol. The molecule has 0 spiro atoms. The summed E-state index contributed by atoms with van der Waals surface area (Å²) in [5, 5.41) is 0. The monoisotopic (exact) mass is 238 g/mol. The number of aldehydes is 1. The molecule has 0 bridgehead atoms. The summed E-state index contributed by atoms with van der Waals surface area (Å²) in [5.74, 6) is -0.0230. The molecule has 0 heterocycles. The van der Waals surface area contributed by atoms with Crippen LogP contribution in [0, 0.1) is 17.3 Å². The van der Waals surface area contributed by atoms with Crippen molar-refractivity contribution in [1.29, 1.82) is 0 Å². The molecule has 1 saturated carbocycles. The lowest BCUT2D eigenvalue weighted by atomic mass is 10.1. The van der Waals surface area contributed by atoms with Crippen LogP contribution in [0.3, 0.4) is 0 Å². The quantitative estimate of drug-likeness (QED) is 0.429. The van der Waals surface area contributed by atoms with Gasteiger partial charge in [-0.2, -0.15) is 0 Å². The van der Waals surface area contributed by atoms with Crippen LogP contribution in [0.15, 0.2) is 12.2 Å². The SMILES string of the molecule is CC(C)(C)OC(=O)C1C(/C=C/CC=O)C1(C)C. The molecule has 2 atom stereocenters. The van der Waals surface area contributed by atoms with Crippen LogP contribution >= 0.6 is 0 Å². The zero-order chi connectivity index (χ0) is 13.3. The van der Waals surface area contributed by atoms with Gasteiger partial charge in [0, 0.05) is 6.42 Å². The average Bonchev–Trinajstić information content (AvgIpc) is 2.66. The minimum Gasteiger partial charge on any atom is -0.460 e. The second-order valence-electron chi connectivity index (χ2n) is 6.19. The number of rotatable bonds is 4. The molecule has 1 aliphatic rings. The molecule has 0 aromatic carbocycles. The first-order valence-electron chi connectivity index (χ1n) is 6.03. The lowest BCUT2D eigenvalue weighted by Crippen LogP contribution is -2.26. The smallest absolute Gasteiger partial charge is 0.310 e. The van der Waals surface area contributed by atoms with Crippen molar-refractivity contribution in [3.8, 4) is 0 Å². The van der Waals surface area contributed by atoms with Gasteiger partial charge < -0.3 is 9.53 Å². The summed E-state index contributed by atoms with van der Waals surface area (Å²) in [7, 11) is 0. The highest BCUT2D eigenvalue weighted by Crippen LogP contribution is 2.59. The highest BCUT2D eigenvalue weighted by atomic mass is 16.6. The van der Waals surface area contributed by atoms with Crippen LogP contribution in [0.5, 0.6) is 0 Å². The maximum atomic E-state index is 12.0. The van der Waals surface area contributed by atoms with E-state index in [2.05, 4.69) is 13.8 Å². The van der Waals surface area contributed by atoms with Gasteiger partial charge in [0.05, 0.1) is 5.92 Å². The van der Waals surface area contributed by atoms with Crippen molar-refractivity contribution < 1.29 is 14.3 Å². The van der Waals surface area contributed by atoms with Crippen LogP contribution in [0.2, 0.25) is 0 Å². The summed E-state index contributed by atoms with van der Waals surface area (Å²) in [6, 6.07) is 0. The third-order valence-electron chi connectivity index (χ3n) is 3.15. The van der Waals surface area contributed by atoms with Gasteiger partial charge in [0.25, 0.3) is 0 Å². The number of esters is 1. The molecule has 0 amide bonds. The fourth-order valence-corrected chi connectivity index (χ4v) is 2.13. The van der Waals surface area contributed by atoms with E-state index in [0.29, 0.717) is 6.42 Å². The first-order valence-corrected chi connectivity index (χ1v) is 6.03. The predicted molar refractivity (Wildman–Crippen MR) is 66.4 cm³/mol. The molecule has 3 nitrogen and oxygen atoms in total. The molecule has 0 N–H and O–H groups in total. The molecule has 0 radical (unpaired) electrons. The van der Waals surface area contributed by atoms with Gasteiger partial charge >= 0.3 is 5.97 Å². The molecule has 3 heteroatoms. The van der Waals surface area contributed by atoms with Crippen LogP contribution in [0.1, 0.15) is 41.0 Å². The molecular formula is C14H22O3. The van der Waals surface area contributed by atoms with E-state index in [9.17, 15) is 9.59 Å². The van der Waals surface area contributed by atoms with Crippen LogP contribution in [0.25, 0.3) is 0 Å². The van der Waals surface area contributed by atoms with Crippen molar-refractivity contribution in [3.63, 3.8) is 0 Å². The number of carbonyl (C=O) groups excluding carboxylic acids is 2. The molecule has 0 aromatic rings. The van der Waals surface area contributed by atoms with Gasteiger partial charge in [0.2, 0.25) is 0 Å². The fraction of sp³-hybridized carbons (Fsp3) is 0.714. The Morgan fingerprint density at radius 1 is 1.35 bits per heavy atom. The minimum absolute atomic E-state index is 0.0539. The Morgan fingerprint density at radius 2 is 1.94 bits per heavy atom. The molecule has 96 valence electrons. The molecule has 0 aromatic heterocycles. The Balaban J connectivity index is 2.61. The van der Waals surface area contributed by atoms with Crippen molar-refractivity contribution in [3.05, 3.63) is 12.2 Å². The van der Waals surface area contributed by atoms with Crippen molar-refractivity contribution in [1.82, 2.24) is 0 Å². The van der Waals surface area contributed by atoms with Gasteiger partial charge in [-0.15, -0.1) is 0 Å². The average molecular weight is 238 g/mol. The van der Waals surface area contributed by atoms with Gasteiger partial charge in [-0.05, 0) is 32.1 Å². The summed E-state index contributed by atoms with van der Waals surface area (Å²) < 4.78 is 5.39. The number of hydrogen-bond donors (Lipinski definition) is 0. The normalized spacial score (nSPS) is 26.9. The fourth-order valence-electron chi connectivity index (χ4n) is 2.13. The number of ether oxygens (including phenoxy) is 1. The molecule has 0 saturated heterocycles. The Morgan fingerprint density at radius 3 is 2.41 bits per heavy atom. The van der Waals surface area contributed by atoms with Gasteiger partial charge in [-0.3, -0.25) is 4.79 Å². The summed E-state index contributed by atoms with van der Waals surface area (Å²) in [6.45, 7) is 9.72. The van der Waals surface area contributed by atoms with Crippen LogP contribution < -0.4 is 0 Å². The largest absolute Gasteiger partial charge is 0.460 e. The first kappa shape index (κ1) is 13.9. The molecule has 1 aliphatic carbocycles. The third kappa shape index (κ3) is 3.42. The maximum absolute atomic E-state index is 12.0. The van der Waals surface area contributed by atoms with Crippen molar-refractivity contribution >= 4 is 12.3 Å².